The SMILES string of the molecule is C=C(C)CN1C2C=C(c3ccc4ccccc4c3)CC1C2. The summed E-state index contributed by atoms with van der Waals surface area (Å²) in [5.41, 5.74) is 4.20. The van der Waals surface area contributed by atoms with Gasteiger partial charge in [0.05, 0.1) is 0 Å². The summed E-state index contributed by atoms with van der Waals surface area (Å²) in [4.78, 5) is 2.59. The zero-order valence-corrected chi connectivity index (χ0v) is 12.5. The van der Waals surface area contributed by atoms with Gasteiger partial charge >= 0.3 is 0 Å². The number of hydrogen-bond acceptors (Lipinski definition) is 1. The third kappa shape index (κ3) is 2.22. The first-order chi connectivity index (χ1) is 10.2. The highest BCUT2D eigenvalue weighted by atomic mass is 15.2. The van der Waals surface area contributed by atoms with Crippen LogP contribution in [0, 0.1) is 0 Å². The lowest BCUT2D eigenvalue weighted by atomic mass is 9.78. The molecule has 1 aliphatic carbocycles. The van der Waals surface area contributed by atoms with Gasteiger partial charge in [0.25, 0.3) is 0 Å². The average molecular weight is 275 g/mol. The van der Waals surface area contributed by atoms with Gasteiger partial charge in [0.15, 0.2) is 0 Å². The number of benzene rings is 2. The molecule has 2 aliphatic heterocycles. The van der Waals surface area contributed by atoms with Crippen molar-refractivity contribution in [1.82, 2.24) is 4.90 Å². The van der Waals surface area contributed by atoms with Crippen LogP contribution in [0.2, 0.25) is 0 Å². The van der Waals surface area contributed by atoms with Gasteiger partial charge in [0, 0.05) is 18.6 Å². The lowest BCUT2D eigenvalue weighted by molar-refractivity contribution is 0.0494. The predicted octanol–water partition coefficient (Wildman–Crippen LogP) is 4.65. The second kappa shape index (κ2) is 4.85. The van der Waals surface area contributed by atoms with Crippen molar-refractivity contribution in [1.29, 1.82) is 0 Å². The van der Waals surface area contributed by atoms with Crippen LogP contribution in [-0.2, 0) is 0 Å². The van der Waals surface area contributed by atoms with E-state index in [9.17, 15) is 0 Å². The molecule has 3 aliphatic rings. The Morgan fingerprint density at radius 3 is 2.71 bits per heavy atom. The maximum Gasteiger partial charge on any atom is 0.0305 e. The quantitative estimate of drug-likeness (QED) is 0.737. The molecule has 2 aromatic carbocycles. The summed E-state index contributed by atoms with van der Waals surface area (Å²) in [6.07, 6.45) is 4.99. The molecule has 1 nitrogen and oxygen atoms in total. The van der Waals surface area contributed by atoms with Gasteiger partial charge in [-0.05, 0) is 47.7 Å². The standard InChI is InChI=1S/C20H21N/c1-14(2)13-21-19-10-18(11-20(21)12-19)17-8-7-15-5-3-4-6-16(15)9-17/h3-10,19-20H,1,11-13H2,2H3. The van der Waals surface area contributed by atoms with E-state index in [0.717, 1.165) is 12.6 Å². The molecule has 2 unspecified atom stereocenters. The van der Waals surface area contributed by atoms with E-state index in [1.807, 2.05) is 0 Å². The molecule has 0 N–H and O–H groups in total. The van der Waals surface area contributed by atoms with Gasteiger partial charge in [-0.25, -0.2) is 0 Å². The van der Waals surface area contributed by atoms with Crippen LogP contribution in [0.25, 0.3) is 16.3 Å². The number of rotatable bonds is 3. The predicted molar refractivity (Wildman–Crippen MR) is 90.3 cm³/mol. The van der Waals surface area contributed by atoms with Gasteiger partial charge in [-0.3, -0.25) is 4.90 Å². The first-order valence-electron chi connectivity index (χ1n) is 7.81. The van der Waals surface area contributed by atoms with E-state index in [1.165, 1.54) is 40.3 Å². The third-order valence-corrected chi connectivity index (χ3v) is 4.83. The van der Waals surface area contributed by atoms with Crippen molar-refractivity contribution in [2.24, 2.45) is 0 Å². The zero-order valence-electron chi connectivity index (χ0n) is 12.5. The molecule has 1 heteroatoms. The minimum atomic E-state index is 0.627. The van der Waals surface area contributed by atoms with Crippen LogP contribution in [0.3, 0.4) is 0 Å². The molecular formula is C20H21N. The summed E-state index contributed by atoms with van der Waals surface area (Å²) >= 11 is 0. The second-order valence-electron chi connectivity index (χ2n) is 6.54. The van der Waals surface area contributed by atoms with Gasteiger partial charge in [-0.1, -0.05) is 54.6 Å². The van der Waals surface area contributed by atoms with Gasteiger partial charge in [0.1, 0.15) is 0 Å². The van der Waals surface area contributed by atoms with Crippen molar-refractivity contribution >= 4 is 16.3 Å². The Kier molecular flexibility index (Phi) is 2.97. The lowest BCUT2D eigenvalue weighted by Crippen LogP contribution is -2.57. The van der Waals surface area contributed by atoms with E-state index < -0.39 is 0 Å². The lowest BCUT2D eigenvalue weighted by Gasteiger charge is -2.52. The molecule has 2 atom stereocenters. The Labute approximate surface area is 126 Å². The van der Waals surface area contributed by atoms with Gasteiger partial charge in [0.2, 0.25) is 0 Å². The number of nitrogens with zero attached hydrogens (tertiary/aromatic N) is 1. The normalized spacial score (nSPS) is 24.5. The highest BCUT2D eigenvalue weighted by Gasteiger charge is 2.40. The first-order valence-corrected chi connectivity index (χ1v) is 7.81. The summed E-state index contributed by atoms with van der Waals surface area (Å²) in [6.45, 7) is 7.23. The van der Waals surface area contributed by atoms with Crippen molar-refractivity contribution in [3.8, 4) is 0 Å². The molecular weight excluding hydrogens is 254 g/mol. The van der Waals surface area contributed by atoms with Crippen LogP contribution in [0.1, 0.15) is 25.3 Å². The largest absolute Gasteiger partial charge is 0.290 e. The Bertz CT molecular complexity index is 740. The molecule has 1 saturated heterocycles. The van der Waals surface area contributed by atoms with Gasteiger partial charge < -0.3 is 0 Å². The van der Waals surface area contributed by atoms with E-state index >= 15 is 0 Å². The molecule has 0 radical (unpaired) electrons. The topological polar surface area (TPSA) is 3.24 Å². The third-order valence-electron chi connectivity index (χ3n) is 4.83. The Hall–Kier alpha value is -1.86. The van der Waals surface area contributed by atoms with Gasteiger partial charge in [-0.15, -0.1) is 0 Å². The van der Waals surface area contributed by atoms with E-state index in [0.29, 0.717) is 6.04 Å². The monoisotopic (exact) mass is 275 g/mol. The minimum absolute atomic E-state index is 0.627. The highest BCUT2D eigenvalue weighted by Crippen LogP contribution is 2.41. The smallest absolute Gasteiger partial charge is 0.0305 e. The second-order valence-corrected chi connectivity index (χ2v) is 6.54. The Morgan fingerprint density at radius 2 is 2.00 bits per heavy atom. The van der Waals surface area contributed by atoms with Crippen molar-refractivity contribution in [3.05, 3.63) is 66.3 Å². The molecule has 5 rings (SSSR count). The van der Waals surface area contributed by atoms with Crippen molar-refractivity contribution < 1.29 is 0 Å². The molecule has 2 bridgehead atoms. The van der Waals surface area contributed by atoms with Crippen LogP contribution in [0.5, 0.6) is 0 Å². The fraction of sp³-hybridized carbons (Fsp3) is 0.300. The Balaban J connectivity index is 1.63. The summed E-state index contributed by atoms with van der Waals surface area (Å²) in [7, 11) is 0. The molecule has 0 spiro atoms. The highest BCUT2D eigenvalue weighted by molar-refractivity contribution is 5.86. The molecule has 2 heterocycles. The molecule has 21 heavy (non-hydrogen) atoms. The summed E-state index contributed by atoms with van der Waals surface area (Å²) in [5.74, 6) is 0. The van der Waals surface area contributed by atoms with Crippen LogP contribution in [0.4, 0.5) is 0 Å². The molecule has 0 aromatic heterocycles. The average Bonchev–Trinajstić information content (AvgIpc) is 2.52. The summed E-state index contributed by atoms with van der Waals surface area (Å²) in [6, 6.07) is 16.8. The van der Waals surface area contributed by atoms with E-state index in [2.05, 4.69) is 66.9 Å². The fourth-order valence-corrected chi connectivity index (χ4v) is 3.76. The van der Waals surface area contributed by atoms with E-state index in [4.69, 9.17) is 0 Å². The van der Waals surface area contributed by atoms with Crippen LogP contribution in [0.15, 0.2) is 60.7 Å². The van der Waals surface area contributed by atoms with Crippen LogP contribution >= 0.6 is 0 Å². The van der Waals surface area contributed by atoms with Gasteiger partial charge in [-0.2, -0.15) is 0 Å². The molecule has 0 amide bonds. The molecule has 106 valence electrons. The minimum Gasteiger partial charge on any atom is -0.290 e. The summed E-state index contributed by atoms with van der Waals surface area (Å²) in [5, 5.41) is 2.67. The van der Waals surface area contributed by atoms with Crippen molar-refractivity contribution in [2.75, 3.05) is 6.54 Å². The Morgan fingerprint density at radius 1 is 1.19 bits per heavy atom. The molecule has 2 aromatic rings. The number of fused-ring (bicyclic) bond motifs is 2. The number of hydrogen-bond donors (Lipinski definition) is 0. The maximum atomic E-state index is 4.05. The van der Waals surface area contributed by atoms with Crippen LogP contribution < -0.4 is 0 Å². The maximum absolute atomic E-state index is 4.05. The van der Waals surface area contributed by atoms with Crippen molar-refractivity contribution in [3.63, 3.8) is 0 Å². The molecule has 0 saturated carbocycles. The molecule has 1 fully saturated rings. The van der Waals surface area contributed by atoms with E-state index in [1.54, 1.807) is 0 Å². The van der Waals surface area contributed by atoms with E-state index in [-0.39, 0.29) is 0 Å². The zero-order chi connectivity index (χ0) is 14.4. The van der Waals surface area contributed by atoms with Crippen LogP contribution in [-0.4, -0.2) is 23.5 Å². The first kappa shape index (κ1) is 12.8. The van der Waals surface area contributed by atoms with Crippen molar-refractivity contribution in [2.45, 2.75) is 31.8 Å². The summed E-state index contributed by atoms with van der Waals surface area (Å²) < 4.78 is 0. The fourth-order valence-electron chi connectivity index (χ4n) is 3.76.